The maximum absolute atomic E-state index is 12.1. The highest BCUT2D eigenvalue weighted by Gasteiger charge is 2.15. The standard InChI is InChI=1S/C15H19N3O3/c1-10(2)18-7-6-12(17-18)9-21-15(19)13-8-11(16)4-5-14(13)20-3/h4-8,10H,9,16H2,1-3H3. The van der Waals surface area contributed by atoms with Crippen LogP contribution in [-0.2, 0) is 11.3 Å². The first kappa shape index (κ1) is 14.9. The van der Waals surface area contributed by atoms with E-state index in [0.29, 0.717) is 22.7 Å². The Hall–Kier alpha value is -2.50. The van der Waals surface area contributed by atoms with E-state index >= 15 is 0 Å². The number of aromatic nitrogens is 2. The van der Waals surface area contributed by atoms with Crippen molar-refractivity contribution >= 4 is 11.7 Å². The molecule has 0 spiro atoms. The third-order valence-electron chi connectivity index (χ3n) is 2.99. The number of nitrogen functional groups attached to an aromatic ring is 1. The van der Waals surface area contributed by atoms with E-state index in [9.17, 15) is 4.79 Å². The molecule has 112 valence electrons. The summed E-state index contributed by atoms with van der Waals surface area (Å²) in [5, 5.41) is 4.32. The van der Waals surface area contributed by atoms with E-state index in [4.69, 9.17) is 15.2 Å². The normalized spacial score (nSPS) is 10.7. The summed E-state index contributed by atoms with van der Waals surface area (Å²) >= 11 is 0. The third-order valence-corrected chi connectivity index (χ3v) is 2.99. The summed E-state index contributed by atoms with van der Waals surface area (Å²) in [6.45, 7) is 4.16. The maximum atomic E-state index is 12.1. The number of carbonyl (C=O) groups excluding carboxylic acids is 1. The number of carbonyl (C=O) groups is 1. The lowest BCUT2D eigenvalue weighted by Crippen LogP contribution is -2.09. The molecule has 0 saturated heterocycles. The first-order valence-electron chi connectivity index (χ1n) is 6.66. The molecule has 0 atom stereocenters. The molecule has 0 aliphatic carbocycles. The van der Waals surface area contributed by atoms with Crippen molar-refractivity contribution in [3.63, 3.8) is 0 Å². The molecule has 0 aliphatic heterocycles. The van der Waals surface area contributed by atoms with Gasteiger partial charge in [-0.05, 0) is 38.1 Å². The molecule has 2 N–H and O–H groups in total. The Morgan fingerprint density at radius 2 is 2.14 bits per heavy atom. The highest BCUT2D eigenvalue weighted by molar-refractivity contribution is 5.93. The van der Waals surface area contributed by atoms with E-state index in [1.807, 2.05) is 30.8 Å². The molecule has 0 aliphatic rings. The van der Waals surface area contributed by atoms with Gasteiger partial charge in [0, 0.05) is 17.9 Å². The number of hydrogen-bond donors (Lipinski definition) is 1. The summed E-state index contributed by atoms with van der Waals surface area (Å²) in [6.07, 6.45) is 1.86. The van der Waals surface area contributed by atoms with Crippen LogP contribution in [0.25, 0.3) is 0 Å². The van der Waals surface area contributed by atoms with Crippen LogP contribution in [0.1, 0.15) is 35.9 Å². The number of anilines is 1. The number of esters is 1. The first-order valence-corrected chi connectivity index (χ1v) is 6.66. The van der Waals surface area contributed by atoms with Crippen LogP contribution in [0.4, 0.5) is 5.69 Å². The Bertz CT molecular complexity index is 635. The van der Waals surface area contributed by atoms with E-state index in [0.717, 1.165) is 0 Å². The molecule has 0 unspecified atom stereocenters. The van der Waals surface area contributed by atoms with Gasteiger partial charge in [0.05, 0.1) is 12.8 Å². The highest BCUT2D eigenvalue weighted by Crippen LogP contribution is 2.22. The van der Waals surface area contributed by atoms with E-state index in [2.05, 4.69) is 5.10 Å². The second-order valence-electron chi connectivity index (χ2n) is 4.92. The highest BCUT2D eigenvalue weighted by atomic mass is 16.5. The van der Waals surface area contributed by atoms with Crippen molar-refractivity contribution in [1.82, 2.24) is 9.78 Å². The number of ether oxygens (including phenoxy) is 2. The monoisotopic (exact) mass is 289 g/mol. The Kier molecular flexibility index (Phi) is 4.47. The van der Waals surface area contributed by atoms with Crippen LogP contribution in [0.15, 0.2) is 30.5 Å². The Labute approximate surface area is 123 Å². The molecule has 1 aromatic carbocycles. The summed E-state index contributed by atoms with van der Waals surface area (Å²) in [7, 11) is 1.49. The molecule has 6 heteroatoms. The van der Waals surface area contributed by atoms with Crippen molar-refractivity contribution in [1.29, 1.82) is 0 Å². The summed E-state index contributed by atoms with van der Waals surface area (Å²) in [5.74, 6) is -0.0554. The fourth-order valence-corrected chi connectivity index (χ4v) is 1.84. The molecular formula is C15H19N3O3. The molecule has 0 saturated carbocycles. The van der Waals surface area contributed by atoms with E-state index in [1.54, 1.807) is 12.1 Å². The maximum Gasteiger partial charge on any atom is 0.342 e. The summed E-state index contributed by atoms with van der Waals surface area (Å²) < 4.78 is 12.2. The molecule has 21 heavy (non-hydrogen) atoms. The lowest BCUT2D eigenvalue weighted by molar-refractivity contribution is 0.0463. The number of methoxy groups -OCH3 is 1. The van der Waals surface area contributed by atoms with Gasteiger partial charge >= 0.3 is 5.97 Å². The van der Waals surface area contributed by atoms with Gasteiger partial charge in [0.1, 0.15) is 17.9 Å². The number of nitrogens with zero attached hydrogens (tertiary/aromatic N) is 2. The van der Waals surface area contributed by atoms with Crippen molar-refractivity contribution in [3.05, 3.63) is 41.7 Å². The van der Waals surface area contributed by atoms with Crippen LogP contribution < -0.4 is 10.5 Å². The minimum absolute atomic E-state index is 0.108. The first-order chi connectivity index (χ1) is 10.0. The number of nitrogens with two attached hydrogens (primary N) is 1. The lowest BCUT2D eigenvalue weighted by Gasteiger charge is -2.09. The zero-order chi connectivity index (χ0) is 15.4. The summed E-state index contributed by atoms with van der Waals surface area (Å²) in [5.41, 5.74) is 7.16. The van der Waals surface area contributed by atoms with Crippen molar-refractivity contribution in [2.45, 2.75) is 26.5 Å². The topological polar surface area (TPSA) is 79.4 Å². The van der Waals surface area contributed by atoms with Gasteiger partial charge in [-0.3, -0.25) is 4.68 Å². The summed E-state index contributed by atoms with van der Waals surface area (Å²) in [4.78, 5) is 12.1. The van der Waals surface area contributed by atoms with Crippen molar-refractivity contribution < 1.29 is 14.3 Å². The predicted octanol–water partition coefficient (Wildman–Crippen LogP) is 2.41. The average molecular weight is 289 g/mol. The lowest BCUT2D eigenvalue weighted by atomic mass is 10.2. The van der Waals surface area contributed by atoms with E-state index in [1.165, 1.54) is 13.2 Å². The smallest absolute Gasteiger partial charge is 0.342 e. The van der Waals surface area contributed by atoms with Crippen LogP contribution in [0.5, 0.6) is 5.75 Å². The van der Waals surface area contributed by atoms with Gasteiger partial charge in [-0.15, -0.1) is 0 Å². The van der Waals surface area contributed by atoms with Crippen LogP contribution in [-0.4, -0.2) is 22.9 Å². The molecule has 2 rings (SSSR count). The van der Waals surface area contributed by atoms with Gasteiger partial charge in [0.15, 0.2) is 0 Å². The molecule has 0 amide bonds. The van der Waals surface area contributed by atoms with Crippen LogP contribution in [0, 0.1) is 0 Å². The molecule has 1 aromatic heterocycles. The van der Waals surface area contributed by atoms with Gasteiger partial charge in [0.2, 0.25) is 0 Å². The van der Waals surface area contributed by atoms with Crippen molar-refractivity contribution in [2.24, 2.45) is 0 Å². The number of rotatable bonds is 5. The second-order valence-corrected chi connectivity index (χ2v) is 4.92. The largest absolute Gasteiger partial charge is 0.496 e. The zero-order valence-corrected chi connectivity index (χ0v) is 12.4. The van der Waals surface area contributed by atoms with Gasteiger partial charge in [-0.25, -0.2) is 4.79 Å². The second kappa shape index (κ2) is 6.30. The van der Waals surface area contributed by atoms with Crippen LogP contribution in [0.3, 0.4) is 0 Å². The van der Waals surface area contributed by atoms with Crippen molar-refractivity contribution in [2.75, 3.05) is 12.8 Å². The van der Waals surface area contributed by atoms with Crippen LogP contribution in [0.2, 0.25) is 0 Å². The number of hydrogen-bond acceptors (Lipinski definition) is 5. The molecule has 1 heterocycles. The molecule has 0 radical (unpaired) electrons. The Morgan fingerprint density at radius 3 is 2.76 bits per heavy atom. The molecule has 6 nitrogen and oxygen atoms in total. The van der Waals surface area contributed by atoms with E-state index in [-0.39, 0.29) is 12.6 Å². The Morgan fingerprint density at radius 1 is 1.38 bits per heavy atom. The Balaban J connectivity index is 2.06. The van der Waals surface area contributed by atoms with Crippen LogP contribution >= 0.6 is 0 Å². The SMILES string of the molecule is COc1ccc(N)cc1C(=O)OCc1ccn(C(C)C)n1. The predicted molar refractivity (Wildman–Crippen MR) is 79.1 cm³/mol. The van der Waals surface area contributed by atoms with Gasteiger partial charge in [0.25, 0.3) is 0 Å². The van der Waals surface area contributed by atoms with Crippen molar-refractivity contribution in [3.8, 4) is 5.75 Å². The molecular weight excluding hydrogens is 270 g/mol. The minimum atomic E-state index is -0.488. The fraction of sp³-hybridized carbons (Fsp3) is 0.333. The van der Waals surface area contributed by atoms with Gasteiger partial charge in [-0.2, -0.15) is 5.10 Å². The number of benzene rings is 1. The summed E-state index contributed by atoms with van der Waals surface area (Å²) in [6, 6.07) is 6.93. The zero-order valence-electron chi connectivity index (χ0n) is 12.4. The minimum Gasteiger partial charge on any atom is -0.496 e. The quantitative estimate of drug-likeness (QED) is 0.675. The van der Waals surface area contributed by atoms with Gasteiger partial charge < -0.3 is 15.2 Å². The average Bonchev–Trinajstić information content (AvgIpc) is 2.94. The molecule has 0 bridgehead atoms. The molecule has 2 aromatic rings. The molecule has 0 fully saturated rings. The van der Waals surface area contributed by atoms with E-state index < -0.39 is 5.97 Å². The van der Waals surface area contributed by atoms with Gasteiger partial charge in [-0.1, -0.05) is 0 Å². The third kappa shape index (κ3) is 3.53. The fourth-order valence-electron chi connectivity index (χ4n) is 1.84.